The first-order chi connectivity index (χ1) is 17.3. The molecule has 0 saturated carbocycles. The van der Waals surface area contributed by atoms with Gasteiger partial charge in [0.25, 0.3) is 17.7 Å². The molecule has 3 amide bonds. The second-order valence-corrected chi connectivity index (χ2v) is 9.86. The van der Waals surface area contributed by atoms with Crippen molar-refractivity contribution in [2.75, 3.05) is 18.5 Å². The molecule has 1 aromatic heterocycles. The van der Waals surface area contributed by atoms with Crippen molar-refractivity contribution in [2.45, 2.75) is 58.9 Å². The number of thiophene rings is 1. The van der Waals surface area contributed by atoms with E-state index in [2.05, 4.69) is 5.32 Å². The van der Waals surface area contributed by atoms with Crippen LogP contribution in [-0.4, -0.2) is 53.8 Å². The van der Waals surface area contributed by atoms with Gasteiger partial charge in [0.15, 0.2) is 6.61 Å². The highest BCUT2D eigenvalue weighted by Crippen LogP contribution is 2.38. The summed E-state index contributed by atoms with van der Waals surface area (Å²) in [5.74, 6) is -2.72. The van der Waals surface area contributed by atoms with E-state index in [1.165, 1.54) is 34.4 Å². The van der Waals surface area contributed by atoms with E-state index in [1.807, 2.05) is 6.92 Å². The average molecular weight is 513 g/mol. The number of carbonyl (C=O) groups is 5. The molecule has 10 heteroatoms. The van der Waals surface area contributed by atoms with Crippen molar-refractivity contribution < 1.29 is 33.4 Å². The van der Waals surface area contributed by atoms with Gasteiger partial charge in [-0.25, -0.2) is 9.59 Å². The Kier molecular flexibility index (Phi) is 7.53. The molecule has 1 aliphatic heterocycles. The summed E-state index contributed by atoms with van der Waals surface area (Å²) in [6, 6.07) is 3.89. The predicted molar refractivity (Wildman–Crippen MR) is 133 cm³/mol. The van der Waals surface area contributed by atoms with Gasteiger partial charge in [0.2, 0.25) is 0 Å². The Morgan fingerprint density at radius 1 is 1.03 bits per heavy atom. The van der Waals surface area contributed by atoms with Gasteiger partial charge in [-0.15, -0.1) is 11.3 Å². The molecule has 2 aliphatic rings. The lowest BCUT2D eigenvalue weighted by atomic mass is 9.95. The molecule has 2 heterocycles. The number of nitrogens with zero attached hydrogens (tertiary/aromatic N) is 1. The number of hydrogen-bond acceptors (Lipinski definition) is 8. The van der Waals surface area contributed by atoms with Gasteiger partial charge >= 0.3 is 11.9 Å². The maximum Gasteiger partial charge on any atom is 0.341 e. The van der Waals surface area contributed by atoms with E-state index >= 15 is 0 Å². The van der Waals surface area contributed by atoms with Crippen LogP contribution in [0, 0.1) is 0 Å². The quantitative estimate of drug-likeness (QED) is 0.419. The summed E-state index contributed by atoms with van der Waals surface area (Å²) in [4.78, 5) is 65.3. The predicted octanol–water partition coefficient (Wildman–Crippen LogP) is 3.99. The minimum absolute atomic E-state index is 0.0625. The topological polar surface area (TPSA) is 119 Å². The highest BCUT2D eigenvalue weighted by atomic mass is 32.1. The fourth-order valence-corrected chi connectivity index (χ4v) is 5.71. The van der Waals surface area contributed by atoms with Crippen LogP contribution in [-0.2, 0) is 27.1 Å². The average Bonchev–Trinajstić information content (AvgIpc) is 3.36. The third-order valence-corrected chi connectivity index (χ3v) is 7.63. The molecular weight excluding hydrogens is 484 g/mol. The van der Waals surface area contributed by atoms with Crippen molar-refractivity contribution in [3.8, 4) is 0 Å². The molecule has 9 nitrogen and oxygen atoms in total. The van der Waals surface area contributed by atoms with Crippen molar-refractivity contribution in [1.29, 1.82) is 0 Å². The SMILES string of the molecule is CCOC(=O)c1c(NC(=O)COC(=O)c2ccc3c(c2)C(=O)N(C(C)CC)C3=O)sc2c1CCCC2. The van der Waals surface area contributed by atoms with E-state index in [1.54, 1.807) is 13.8 Å². The number of carbonyl (C=O) groups excluding carboxylic acids is 5. The summed E-state index contributed by atoms with van der Waals surface area (Å²) in [7, 11) is 0. The number of rotatable bonds is 8. The van der Waals surface area contributed by atoms with E-state index < -0.39 is 30.4 Å². The van der Waals surface area contributed by atoms with Crippen LogP contribution in [0.15, 0.2) is 18.2 Å². The van der Waals surface area contributed by atoms with Gasteiger partial charge in [-0.05, 0) is 69.7 Å². The van der Waals surface area contributed by atoms with Gasteiger partial charge in [-0.1, -0.05) is 6.92 Å². The van der Waals surface area contributed by atoms with E-state index in [0.29, 0.717) is 17.0 Å². The summed E-state index contributed by atoms with van der Waals surface area (Å²) in [5.41, 5.74) is 1.74. The van der Waals surface area contributed by atoms with Gasteiger partial charge in [0, 0.05) is 10.9 Å². The normalized spacial score (nSPS) is 15.2. The van der Waals surface area contributed by atoms with Crippen LogP contribution in [0.5, 0.6) is 0 Å². The van der Waals surface area contributed by atoms with Crippen molar-refractivity contribution in [2.24, 2.45) is 0 Å². The standard InChI is InChI=1S/C26H28N2O7S/c1-4-14(3)28-23(30)16-11-10-15(12-18(16)24(28)31)25(32)35-13-20(29)27-22-21(26(33)34-5-2)17-8-6-7-9-19(17)36-22/h10-12,14H,4-9,13H2,1-3H3,(H,27,29). The van der Waals surface area contributed by atoms with Gasteiger partial charge < -0.3 is 14.8 Å². The Bertz CT molecular complexity index is 1250. The fourth-order valence-electron chi connectivity index (χ4n) is 4.42. The third-order valence-electron chi connectivity index (χ3n) is 6.42. The van der Waals surface area contributed by atoms with Gasteiger partial charge in [-0.3, -0.25) is 19.3 Å². The molecule has 0 radical (unpaired) electrons. The zero-order valence-electron chi connectivity index (χ0n) is 20.5. The lowest BCUT2D eigenvalue weighted by Gasteiger charge is -2.20. The van der Waals surface area contributed by atoms with Crippen LogP contribution in [0.2, 0.25) is 0 Å². The molecule has 0 fully saturated rings. The monoisotopic (exact) mass is 512 g/mol. The van der Waals surface area contributed by atoms with Crippen molar-refractivity contribution >= 4 is 46.0 Å². The van der Waals surface area contributed by atoms with Gasteiger partial charge in [-0.2, -0.15) is 0 Å². The Morgan fingerprint density at radius 2 is 1.75 bits per heavy atom. The summed E-state index contributed by atoms with van der Waals surface area (Å²) in [6.45, 7) is 5.03. The molecule has 1 N–H and O–H groups in total. The molecule has 1 unspecified atom stereocenters. The molecule has 0 bridgehead atoms. The van der Waals surface area contributed by atoms with Crippen molar-refractivity contribution in [3.63, 3.8) is 0 Å². The lowest BCUT2D eigenvalue weighted by Crippen LogP contribution is -2.37. The molecule has 0 spiro atoms. The minimum atomic E-state index is -0.800. The van der Waals surface area contributed by atoms with Crippen LogP contribution in [0.25, 0.3) is 0 Å². The summed E-state index contributed by atoms with van der Waals surface area (Å²) < 4.78 is 10.3. The number of fused-ring (bicyclic) bond motifs is 2. The number of nitrogens with one attached hydrogen (secondary N) is 1. The lowest BCUT2D eigenvalue weighted by molar-refractivity contribution is -0.119. The number of benzene rings is 1. The van der Waals surface area contributed by atoms with E-state index in [-0.39, 0.29) is 35.2 Å². The fraction of sp³-hybridized carbons (Fsp3) is 0.423. The van der Waals surface area contributed by atoms with E-state index in [0.717, 1.165) is 36.1 Å². The molecule has 4 rings (SSSR count). The highest BCUT2D eigenvalue weighted by Gasteiger charge is 2.38. The van der Waals surface area contributed by atoms with Crippen molar-refractivity contribution in [1.82, 2.24) is 4.90 Å². The van der Waals surface area contributed by atoms with E-state index in [9.17, 15) is 24.0 Å². The molecular formula is C26H28N2O7S. The van der Waals surface area contributed by atoms with Gasteiger partial charge in [0.1, 0.15) is 5.00 Å². The smallest absolute Gasteiger partial charge is 0.341 e. The molecule has 2 aromatic rings. The van der Waals surface area contributed by atoms with Crippen LogP contribution in [0.4, 0.5) is 5.00 Å². The van der Waals surface area contributed by atoms with Crippen LogP contribution < -0.4 is 5.32 Å². The number of ether oxygens (including phenoxy) is 2. The van der Waals surface area contributed by atoms with Crippen LogP contribution in [0.3, 0.4) is 0 Å². The number of imide groups is 1. The summed E-state index contributed by atoms with van der Waals surface area (Å²) >= 11 is 1.35. The van der Waals surface area contributed by atoms with Crippen LogP contribution >= 0.6 is 11.3 Å². The molecule has 1 aliphatic carbocycles. The third kappa shape index (κ3) is 4.77. The van der Waals surface area contributed by atoms with Crippen LogP contribution in [0.1, 0.15) is 91.9 Å². The van der Waals surface area contributed by atoms with E-state index in [4.69, 9.17) is 9.47 Å². The van der Waals surface area contributed by atoms with Gasteiger partial charge in [0.05, 0.1) is 28.9 Å². The maximum atomic E-state index is 12.7. The Balaban J connectivity index is 1.44. The molecule has 1 atom stereocenters. The zero-order valence-corrected chi connectivity index (χ0v) is 21.3. The number of hydrogen-bond donors (Lipinski definition) is 1. The maximum absolute atomic E-state index is 12.7. The Labute approximate surface area is 212 Å². The number of amides is 3. The number of anilines is 1. The second kappa shape index (κ2) is 10.6. The zero-order chi connectivity index (χ0) is 26.0. The first-order valence-electron chi connectivity index (χ1n) is 12.1. The molecule has 1 aromatic carbocycles. The summed E-state index contributed by atoms with van der Waals surface area (Å²) in [5, 5.41) is 3.09. The molecule has 190 valence electrons. The second-order valence-electron chi connectivity index (χ2n) is 8.76. The first-order valence-corrected chi connectivity index (χ1v) is 12.9. The van der Waals surface area contributed by atoms with Crippen molar-refractivity contribution in [3.05, 3.63) is 50.9 Å². The highest BCUT2D eigenvalue weighted by molar-refractivity contribution is 7.17. The number of esters is 2. The Hall–Kier alpha value is -3.53. The Morgan fingerprint density at radius 3 is 2.47 bits per heavy atom. The largest absolute Gasteiger partial charge is 0.462 e. The molecule has 0 saturated heterocycles. The first kappa shape index (κ1) is 25.6. The molecule has 36 heavy (non-hydrogen) atoms. The number of aryl methyl sites for hydroxylation is 1. The summed E-state index contributed by atoms with van der Waals surface area (Å²) in [6.07, 6.45) is 4.18. The minimum Gasteiger partial charge on any atom is -0.462 e.